The van der Waals surface area contributed by atoms with Gasteiger partial charge in [-0.3, -0.25) is 0 Å². The van der Waals surface area contributed by atoms with Crippen LogP contribution in [0.5, 0.6) is 0 Å². The minimum Gasteiger partial charge on any atom is -0.387 e. The standard InChI is InChI=1S/C3H9O3P/c4-2(1-7)3(5)6/h2-6H,1,7H2. The van der Waals surface area contributed by atoms with Crippen molar-refractivity contribution < 1.29 is 15.3 Å². The van der Waals surface area contributed by atoms with Gasteiger partial charge in [0.15, 0.2) is 6.29 Å². The van der Waals surface area contributed by atoms with E-state index in [9.17, 15) is 0 Å². The molecule has 0 aliphatic carbocycles. The van der Waals surface area contributed by atoms with Gasteiger partial charge in [-0.15, -0.1) is 9.24 Å². The van der Waals surface area contributed by atoms with Crippen molar-refractivity contribution in [2.75, 3.05) is 6.16 Å². The molecule has 0 aromatic carbocycles. The van der Waals surface area contributed by atoms with E-state index in [0.717, 1.165) is 0 Å². The highest BCUT2D eigenvalue weighted by Crippen LogP contribution is 1.92. The van der Waals surface area contributed by atoms with Gasteiger partial charge in [0.1, 0.15) is 6.10 Å². The molecule has 0 radical (unpaired) electrons. The third-order valence-electron chi connectivity index (χ3n) is 0.586. The van der Waals surface area contributed by atoms with Crippen LogP contribution in [0.3, 0.4) is 0 Å². The fourth-order valence-corrected chi connectivity index (χ4v) is 0.365. The van der Waals surface area contributed by atoms with Crippen molar-refractivity contribution in [1.82, 2.24) is 0 Å². The molecule has 0 rings (SSSR count). The van der Waals surface area contributed by atoms with Gasteiger partial charge in [0.05, 0.1) is 0 Å². The fourth-order valence-electron chi connectivity index (χ4n) is 0.122. The number of hydrogen-bond donors (Lipinski definition) is 3. The zero-order valence-corrected chi connectivity index (χ0v) is 4.94. The van der Waals surface area contributed by atoms with Gasteiger partial charge in [0.25, 0.3) is 0 Å². The topological polar surface area (TPSA) is 60.7 Å². The summed E-state index contributed by atoms with van der Waals surface area (Å²) >= 11 is 0. The first-order valence-corrected chi connectivity index (χ1v) is 2.74. The van der Waals surface area contributed by atoms with E-state index in [1.165, 1.54) is 0 Å². The van der Waals surface area contributed by atoms with E-state index in [1.807, 2.05) is 0 Å². The molecular weight excluding hydrogens is 115 g/mol. The van der Waals surface area contributed by atoms with Gasteiger partial charge in [-0.05, 0) is 6.16 Å². The lowest BCUT2D eigenvalue weighted by molar-refractivity contribution is -0.112. The SMILES string of the molecule is OC(O)C(O)CP. The zero-order valence-electron chi connectivity index (χ0n) is 3.78. The van der Waals surface area contributed by atoms with Crippen LogP contribution in [0, 0.1) is 0 Å². The summed E-state index contributed by atoms with van der Waals surface area (Å²) in [4.78, 5) is 0. The summed E-state index contributed by atoms with van der Waals surface area (Å²) in [5.74, 6) is 0. The molecule has 44 valence electrons. The maximum atomic E-state index is 8.41. The van der Waals surface area contributed by atoms with Crippen LogP contribution in [-0.2, 0) is 0 Å². The summed E-state index contributed by atoms with van der Waals surface area (Å²) < 4.78 is 0. The first kappa shape index (κ1) is 7.31. The molecule has 0 aromatic rings. The molecule has 4 heteroatoms. The van der Waals surface area contributed by atoms with E-state index < -0.39 is 12.4 Å². The lowest BCUT2D eigenvalue weighted by atomic mass is 10.4. The molecule has 0 fully saturated rings. The Morgan fingerprint density at radius 2 is 1.71 bits per heavy atom. The summed E-state index contributed by atoms with van der Waals surface area (Å²) in [6.07, 6.45) is -2.33. The fraction of sp³-hybridized carbons (Fsp3) is 1.00. The summed E-state index contributed by atoms with van der Waals surface area (Å²) in [6, 6.07) is 0. The predicted molar refractivity (Wildman–Crippen MR) is 28.8 cm³/mol. The number of hydrogen-bond acceptors (Lipinski definition) is 3. The zero-order chi connectivity index (χ0) is 5.86. The molecule has 0 spiro atoms. The number of rotatable bonds is 2. The van der Waals surface area contributed by atoms with E-state index in [1.54, 1.807) is 0 Å². The van der Waals surface area contributed by atoms with Crippen LogP contribution in [0.15, 0.2) is 0 Å². The van der Waals surface area contributed by atoms with Gasteiger partial charge in [0, 0.05) is 0 Å². The van der Waals surface area contributed by atoms with Crippen molar-refractivity contribution in [1.29, 1.82) is 0 Å². The highest BCUT2D eigenvalue weighted by atomic mass is 31.0. The van der Waals surface area contributed by atoms with Gasteiger partial charge >= 0.3 is 0 Å². The van der Waals surface area contributed by atoms with Crippen molar-refractivity contribution in [3.8, 4) is 0 Å². The molecule has 0 saturated heterocycles. The van der Waals surface area contributed by atoms with E-state index in [-0.39, 0.29) is 6.16 Å². The maximum absolute atomic E-state index is 8.41. The van der Waals surface area contributed by atoms with E-state index in [0.29, 0.717) is 0 Å². The molecule has 2 unspecified atom stereocenters. The van der Waals surface area contributed by atoms with E-state index in [2.05, 4.69) is 9.24 Å². The Morgan fingerprint density at radius 1 is 1.29 bits per heavy atom. The molecule has 7 heavy (non-hydrogen) atoms. The molecule has 0 aromatic heterocycles. The van der Waals surface area contributed by atoms with Crippen molar-refractivity contribution in [2.24, 2.45) is 0 Å². The molecule has 2 atom stereocenters. The second-order valence-corrected chi connectivity index (χ2v) is 1.69. The van der Waals surface area contributed by atoms with E-state index >= 15 is 0 Å². The highest BCUT2D eigenvalue weighted by molar-refractivity contribution is 7.16. The van der Waals surface area contributed by atoms with Crippen LogP contribution < -0.4 is 0 Å². The molecule has 0 saturated carbocycles. The first-order valence-electron chi connectivity index (χ1n) is 1.92. The summed E-state index contributed by atoms with van der Waals surface area (Å²) in [5.41, 5.74) is 0. The minimum atomic E-state index is -1.60. The van der Waals surface area contributed by atoms with Crippen LogP contribution in [0.4, 0.5) is 0 Å². The monoisotopic (exact) mass is 124 g/mol. The van der Waals surface area contributed by atoms with Crippen molar-refractivity contribution in [3.63, 3.8) is 0 Å². The Bertz CT molecular complexity index is 47.4. The minimum absolute atomic E-state index is 0.289. The Kier molecular flexibility index (Phi) is 3.48. The normalized spacial score (nSPS) is 15.0. The van der Waals surface area contributed by atoms with Gasteiger partial charge in [0.2, 0.25) is 0 Å². The second kappa shape index (κ2) is 3.33. The maximum Gasteiger partial charge on any atom is 0.178 e. The third-order valence-corrected chi connectivity index (χ3v) is 1.07. The number of aliphatic hydroxyl groups excluding tert-OH is 2. The Balaban J connectivity index is 3.14. The smallest absolute Gasteiger partial charge is 0.178 e. The summed E-state index contributed by atoms with van der Waals surface area (Å²) in [5, 5.41) is 24.6. The summed E-state index contributed by atoms with van der Waals surface area (Å²) in [7, 11) is 2.19. The van der Waals surface area contributed by atoms with Crippen molar-refractivity contribution >= 4 is 9.24 Å². The molecule has 0 amide bonds. The van der Waals surface area contributed by atoms with Gasteiger partial charge < -0.3 is 15.3 Å². The lowest BCUT2D eigenvalue weighted by Crippen LogP contribution is -2.26. The van der Waals surface area contributed by atoms with Crippen LogP contribution >= 0.6 is 9.24 Å². The molecule has 3 N–H and O–H groups in total. The van der Waals surface area contributed by atoms with Crippen molar-refractivity contribution in [3.05, 3.63) is 0 Å². The summed E-state index contributed by atoms with van der Waals surface area (Å²) in [6.45, 7) is 0. The Hall–Kier alpha value is 0.310. The molecule has 0 aliphatic rings. The third kappa shape index (κ3) is 2.94. The van der Waals surface area contributed by atoms with Gasteiger partial charge in [-0.25, -0.2) is 0 Å². The Labute approximate surface area is 44.2 Å². The highest BCUT2D eigenvalue weighted by Gasteiger charge is 2.07. The van der Waals surface area contributed by atoms with Crippen LogP contribution in [-0.4, -0.2) is 33.9 Å². The van der Waals surface area contributed by atoms with Crippen molar-refractivity contribution in [2.45, 2.75) is 12.4 Å². The molecule has 0 bridgehead atoms. The van der Waals surface area contributed by atoms with Crippen LogP contribution in [0.25, 0.3) is 0 Å². The molecule has 0 heterocycles. The molecule has 0 aliphatic heterocycles. The Morgan fingerprint density at radius 3 is 1.71 bits per heavy atom. The van der Waals surface area contributed by atoms with Gasteiger partial charge in [-0.1, -0.05) is 0 Å². The quantitative estimate of drug-likeness (QED) is 0.311. The second-order valence-electron chi connectivity index (χ2n) is 1.22. The first-order chi connectivity index (χ1) is 3.18. The lowest BCUT2D eigenvalue weighted by Gasteiger charge is -2.07. The van der Waals surface area contributed by atoms with E-state index in [4.69, 9.17) is 15.3 Å². The molecule has 3 nitrogen and oxygen atoms in total. The van der Waals surface area contributed by atoms with Gasteiger partial charge in [-0.2, -0.15) is 0 Å². The average Bonchev–Trinajstić information content (AvgIpc) is 1.65. The average molecular weight is 124 g/mol. The van der Waals surface area contributed by atoms with Crippen LogP contribution in [0.1, 0.15) is 0 Å². The number of aliphatic hydroxyl groups is 3. The molecular formula is C3H9O3P. The largest absolute Gasteiger partial charge is 0.387 e. The van der Waals surface area contributed by atoms with Crippen LogP contribution in [0.2, 0.25) is 0 Å². The predicted octanol–water partition coefficient (Wildman–Crippen LogP) is -1.47.